The molecule has 0 saturated heterocycles. The Morgan fingerprint density at radius 3 is 2.75 bits per heavy atom. The van der Waals surface area contributed by atoms with Crippen LogP contribution in [0.3, 0.4) is 0 Å². The second-order valence-electron chi connectivity index (χ2n) is 2.43. The average Bonchev–Trinajstić information content (AvgIpc) is 2.09. The molecule has 0 aliphatic heterocycles. The number of aliphatic hydroxyl groups is 1. The smallest absolute Gasteiger partial charge is 0.120 e. The number of benzene rings is 1. The van der Waals surface area contributed by atoms with E-state index in [-0.39, 0.29) is 6.61 Å². The second-order valence-corrected chi connectivity index (χ2v) is 3.29. The van der Waals surface area contributed by atoms with Crippen LogP contribution in [0, 0.1) is 0 Å². The molecular weight excluding hydrogens is 220 g/mol. The third-order valence-electron chi connectivity index (χ3n) is 1.64. The van der Waals surface area contributed by atoms with Crippen molar-refractivity contribution in [3.63, 3.8) is 0 Å². The van der Waals surface area contributed by atoms with Crippen molar-refractivity contribution in [1.82, 2.24) is 0 Å². The number of hydrogen-bond acceptors (Lipinski definition) is 2. The van der Waals surface area contributed by atoms with Crippen LogP contribution in [-0.4, -0.2) is 18.8 Å². The Morgan fingerprint density at radius 2 is 2.25 bits per heavy atom. The summed E-state index contributed by atoms with van der Waals surface area (Å²) >= 11 is 3.40. The Morgan fingerprint density at radius 1 is 1.50 bits per heavy atom. The lowest BCUT2D eigenvalue weighted by Gasteiger charge is -2.04. The van der Waals surface area contributed by atoms with Crippen LogP contribution in [0.15, 0.2) is 22.7 Å². The van der Waals surface area contributed by atoms with Gasteiger partial charge in [-0.25, -0.2) is 0 Å². The third-order valence-corrected chi connectivity index (χ3v) is 2.38. The van der Waals surface area contributed by atoms with Crippen molar-refractivity contribution in [2.24, 2.45) is 0 Å². The van der Waals surface area contributed by atoms with Crippen LogP contribution in [0.4, 0.5) is 0 Å². The molecule has 0 heterocycles. The molecule has 0 fully saturated rings. The minimum Gasteiger partial charge on any atom is -0.497 e. The lowest BCUT2D eigenvalue weighted by Crippen LogP contribution is -1.92. The topological polar surface area (TPSA) is 29.5 Å². The van der Waals surface area contributed by atoms with Gasteiger partial charge in [0, 0.05) is 11.1 Å². The van der Waals surface area contributed by atoms with E-state index in [0.717, 1.165) is 15.8 Å². The number of halogens is 1. The summed E-state index contributed by atoms with van der Waals surface area (Å²) in [6.07, 6.45) is 0.671. The molecule has 66 valence electrons. The summed E-state index contributed by atoms with van der Waals surface area (Å²) in [6.45, 7) is 0.172. The number of ether oxygens (including phenoxy) is 1. The summed E-state index contributed by atoms with van der Waals surface area (Å²) in [5, 5.41) is 8.72. The molecule has 0 spiro atoms. The van der Waals surface area contributed by atoms with Gasteiger partial charge in [-0.2, -0.15) is 0 Å². The lowest BCUT2D eigenvalue weighted by atomic mass is 10.1. The van der Waals surface area contributed by atoms with Crippen molar-refractivity contribution >= 4 is 15.9 Å². The highest BCUT2D eigenvalue weighted by molar-refractivity contribution is 9.10. The molecule has 0 saturated carbocycles. The molecule has 1 rings (SSSR count). The van der Waals surface area contributed by atoms with E-state index in [1.807, 2.05) is 18.2 Å². The standard InChI is InChI=1S/C9H11BrO2/c1-12-8-3-2-7(4-5-11)9(10)6-8/h2-3,6,11H,4-5H2,1H3. The maximum absolute atomic E-state index is 8.72. The van der Waals surface area contributed by atoms with Crippen LogP contribution >= 0.6 is 15.9 Å². The Hall–Kier alpha value is -0.540. The molecule has 0 unspecified atom stereocenters. The van der Waals surface area contributed by atoms with Crippen LogP contribution in [0.25, 0.3) is 0 Å². The highest BCUT2D eigenvalue weighted by atomic mass is 79.9. The first kappa shape index (κ1) is 9.55. The second kappa shape index (κ2) is 4.48. The molecule has 1 aromatic rings. The molecule has 0 aliphatic carbocycles. The van der Waals surface area contributed by atoms with Crippen molar-refractivity contribution < 1.29 is 9.84 Å². The molecule has 0 atom stereocenters. The summed E-state index contributed by atoms with van der Waals surface area (Å²) in [7, 11) is 1.63. The molecule has 12 heavy (non-hydrogen) atoms. The number of hydrogen-bond donors (Lipinski definition) is 1. The van der Waals surface area contributed by atoms with Gasteiger partial charge in [0.15, 0.2) is 0 Å². The highest BCUT2D eigenvalue weighted by Crippen LogP contribution is 2.22. The van der Waals surface area contributed by atoms with Crippen LogP contribution in [-0.2, 0) is 6.42 Å². The Balaban J connectivity index is 2.87. The van der Waals surface area contributed by atoms with Crippen molar-refractivity contribution in [1.29, 1.82) is 0 Å². The maximum Gasteiger partial charge on any atom is 0.120 e. The number of aliphatic hydroxyl groups excluding tert-OH is 1. The predicted molar refractivity (Wildman–Crippen MR) is 51.5 cm³/mol. The predicted octanol–water partition coefficient (Wildman–Crippen LogP) is 1.99. The van der Waals surface area contributed by atoms with E-state index in [9.17, 15) is 0 Å². The summed E-state index contributed by atoms with van der Waals surface area (Å²) < 4.78 is 6.02. The van der Waals surface area contributed by atoms with Crippen molar-refractivity contribution in [3.8, 4) is 5.75 Å². The number of rotatable bonds is 3. The van der Waals surface area contributed by atoms with E-state index < -0.39 is 0 Å². The van der Waals surface area contributed by atoms with E-state index in [1.54, 1.807) is 7.11 Å². The van der Waals surface area contributed by atoms with Gasteiger partial charge < -0.3 is 9.84 Å². The van der Waals surface area contributed by atoms with E-state index in [4.69, 9.17) is 9.84 Å². The molecule has 0 bridgehead atoms. The first-order valence-corrected chi connectivity index (χ1v) is 4.50. The van der Waals surface area contributed by atoms with Gasteiger partial charge in [-0.3, -0.25) is 0 Å². The van der Waals surface area contributed by atoms with Gasteiger partial charge in [0.25, 0.3) is 0 Å². The maximum atomic E-state index is 8.72. The van der Waals surface area contributed by atoms with E-state index in [1.165, 1.54) is 0 Å². The Kier molecular flexibility index (Phi) is 3.56. The minimum atomic E-state index is 0.172. The van der Waals surface area contributed by atoms with Crippen molar-refractivity contribution in [2.45, 2.75) is 6.42 Å². The molecule has 1 aromatic carbocycles. The first-order chi connectivity index (χ1) is 5.77. The molecule has 3 heteroatoms. The third kappa shape index (κ3) is 2.22. The molecule has 1 N–H and O–H groups in total. The summed E-state index contributed by atoms with van der Waals surface area (Å²) in [5.74, 6) is 0.823. The molecular formula is C9H11BrO2. The van der Waals surface area contributed by atoms with Crippen LogP contribution < -0.4 is 4.74 Å². The van der Waals surface area contributed by atoms with Gasteiger partial charge in [-0.05, 0) is 24.1 Å². The normalized spacial score (nSPS) is 9.92. The molecule has 0 aromatic heterocycles. The fourth-order valence-corrected chi connectivity index (χ4v) is 1.53. The van der Waals surface area contributed by atoms with Gasteiger partial charge in [0.1, 0.15) is 5.75 Å². The summed E-state index contributed by atoms with van der Waals surface area (Å²) in [6, 6.07) is 5.72. The fraction of sp³-hybridized carbons (Fsp3) is 0.333. The van der Waals surface area contributed by atoms with Crippen molar-refractivity contribution in [2.75, 3.05) is 13.7 Å². The zero-order chi connectivity index (χ0) is 8.97. The average molecular weight is 231 g/mol. The largest absolute Gasteiger partial charge is 0.497 e. The van der Waals surface area contributed by atoms with Gasteiger partial charge in [0.05, 0.1) is 7.11 Å². The lowest BCUT2D eigenvalue weighted by molar-refractivity contribution is 0.299. The van der Waals surface area contributed by atoms with E-state index in [2.05, 4.69) is 15.9 Å². The Bertz CT molecular complexity index is 261. The van der Waals surface area contributed by atoms with Gasteiger partial charge in [-0.15, -0.1) is 0 Å². The van der Waals surface area contributed by atoms with Crippen molar-refractivity contribution in [3.05, 3.63) is 28.2 Å². The molecule has 2 nitrogen and oxygen atoms in total. The fourth-order valence-electron chi connectivity index (χ4n) is 0.978. The van der Waals surface area contributed by atoms with E-state index in [0.29, 0.717) is 6.42 Å². The quantitative estimate of drug-likeness (QED) is 0.861. The molecule has 0 radical (unpaired) electrons. The minimum absolute atomic E-state index is 0.172. The van der Waals surface area contributed by atoms with Gasteiger partial charge >= 0.3 is 0 Å². The molecule has 0 aliphatic rings. The number of methoxy groups -OCH3 is 1. The SMILES string of the molecule is COc1ccc(CCO)c(Br)c1. The Labute approximate surface area is 80.3 Å². The van der Waals surface area contributed by atoms with E-state index >= 15 is 0 Å². The zero-order valence-corrected chi connectivity index (χ0v) is 8.47. The highest BCUT2D eigenvalue weighted by Gasteiger charge is 2.00. The first-order valence-electron chi connectivity index (χ1n) is 3.71. The zero-order valence-electron chi connectivity index (χ0n) is 6.88. The van der Waals surface area contributed by atoms with Crippen LogP contribution in [0.5, 0.6) is 5.75 Å². The molecule has 0 amide bonds. The summed E-state index contributed by atoms with van der Waals surface area (Å²) in [4.78, 5) is 0. The van der Waals surface area contributed by atoms with Gasteiger partial charge in [-0.1, -0.05) is 22.0 Å². The monoisotopic (exact) mass is 230 g/mol. The van der Waals surface area contributed by atoms with Crippen LogP contribution in [0.1, 0.15) is 5.56 Å². The summed E-state index contributed by atoms with van der Waals surface area (Å²) in [5.41, 5.74) is 1.10. The van der Waals surface area contributed by atoms with Crippen LogP contribution in [0.2, 0.25) is 0 Å². The van der Waals surface area contributed by atoms with Gasteiger partial charge in [0.2, 0.25) is 0 Å².